The summed E-state index contributed by atoms with van der Waals surface area (Å²) in [6.45, 7) is 3.81. The Balaban J connectivity index is 2.05. The Bertz CT molecular complexity index is 538. The minimum atomic E-state index is -1.17. The lowest BCUT2D eigenvalue weighted by Crippen LogP contribution is -2.38. The van der Waals surface area contributed by atoms with Gasteiger partial charge in [0.15, 0.2) is 0 Å². The van der Waals surface area contributed by atoms with Gasteiger partial charge < -0.3 is 20.2 Å². The molecule has 0 aromatic heterocycles. The van der Waals surface area contributed by atoms with Gasteiger partial charge in [-0.05, 0) is 50.8 Å². The Labute approximate surface area is 131 Å². The fraction of sp³-hybridized carbons (Fsp3) is 0.588. The molecule has 5 nitrogen and oxygen atoms in total. The molecule has 0 saturated carbocycles. The van der Waals surface area contributed by atoms with Gasteiger partial charge in [0, 0.05) is 12.1 Å². The Morgan fingerprint density at radius 2 is 2.14 bits per heavy atom. The molecule has 1 fully saturated rings. The van der Waals surface area contributed by atoms with Gasteiger partial charge in [-0.3, -0.25) is 4.79 Å². The van der Waals surface area contributed by atoms with E-state index >= 15 is 0 Å². The molecular weight excluding hydrogens is 282 g/mol. The minimum absolute atomic E-state index is 0.130. The van der Waals surface area contributed by atoms with Crippen molar-refractivity contribution in [3.8, 4) is 0 Å². The Morgan fingerprint density at radius 1 is 1.41 bits per heavy atom. The van der Waals surface area contributed by atoms with Crippen molar-refractivity contribution in [2.24, 2.45) is 0 Å². The quantitative estimate of drug-likeness (QED) is 0.757. The molecule has 1 atom stereocenters. The molecule has 1 amide bonds. The molecule has 1 aliphatic heterocycles. The van der Waals surface area contributed by atoms with Crippen LogP contribution in [0.5, 0.6) is 0 Å². The van der Waals surface area contributed by atoms with Crippen LogP contribution in [0.4, 0.5) is 0 Å². The summed E-state index contributed by atoms with van der Waals surface area (Å²) in [6, 6.07) is 7.37. The van der Waals surface area contributed by atoms with Gasteiger partial charge in [-0.25, -0.2) is 0 Å². The third-order valence-electron chi connectivity index (χ3n) is 4.11. The molecule has 5 heteroatoms. The summed E-state index contributed by atoms with van der Waals surface area (Å²) in [6.07, 6.45) is 1.72. The lowest BCUT2D eigenvalue weighted by molar-refractivity contribution is -0.00455. The predicted octanol–water partition coefficient (Wildman–Crippen LogP) is 0.959. The summed E-state index contributed by atoms with van der Waals surface area (Å²) in [7, 11) is 0. The summed E-state index contributed by atoms with van der Waals surface area (Å²) in [4.78, 5) is 14.1. The van der Waals surface area contributed by atoms with Crippen molar-refractivity contribution in [2.45, 2.75) is 44.3 Å². The van der Waals surface area contributed by atoms with Crippen LogP contribution in [0.25, 0.3) is 0 Å². The van der Waals surface area contributed by atoms with Gasteiger partial charge in [-0.1, -0.05) is 12.1 Å². The van der Waals surface area contributed by atoms with E-state index in [0.29, 0.717) is 31.4 Å². The first kappa shape index (κ1) is 16.9. The number of likely N-dealkylation sites (tertiary alicyclic amines) is 1. The van der Waals surface area contributed by atoms with Crippen LogP contribution < -0.4 is 0 Å². The highest BCUT2D eigenvalue weighted by atomic mass is 16.3. The second kappa shape index (κ2) is 6.36. The molecule has 2 rings (SSSR count). The number of benzene rings is 1. The highest BCUT2D eigenvalue weighted by molar-refractivity contribution is 5.94. The third-order valence-corrected chi connectivity index (χ3v) is 4.11. The molecule has 0 spiro atoms. The first-order valence-corrected chi connectivity index (χ1v) is 7.66. The second-order valence-corrected chi connectivity index (χ2v) is 6.87. The fourth-order valence-electron chi connectivity index (χ4n) is 2.65. The van der Waals surface area contributed by atoms with Gasteiger partial charge in [0.1, 0.15) is 5.60 Å². The maximum Gasteiger partial charge on any atom is 0.253 e. The topological polar surface area (TPSA) is 81.0 Å². The zero-order valence-electron chi connectivity index (χ0n) is 13.2. The largest absolute Gasteiger partial charge is 0.393 e. The summed E-state index contributed by atoms with van der Waals surface area (Å²) < 4.78 is 0. The molecule has 1 aliphatic rings. The summed E-state index contributed by atoms with van der Waals surface area (Å²) in [5.41, 5.74) is -0.319. The zero-order valence-corrected chi connectivity index (χ0v) is 13.2. The average Bonchev–Trinajstić information content (AvgIpc) is 2.87. The number of β-amino-alcohol motifs (C(OH)–C–C–N with tert-alkyl or cyclic N) is 1. The number of rotatable bonds is 5. The number of aliphatic hydroxyl groups excluding tert-OH is 1. The number of aliphatic hydroxyl groups is 3. The number of hydrogen-bond donors (Lipinski definition) is 3. The zero-order chi connectivity index (χ0) is 16.4. The van der Waals surface area contributed by atoms with E-state index in [1.807, 2.05) is 18.2 Å². The molecule has 122 valence electrons. The molecule has 3 N–H and O–H groups in total. The number of hydrogen-bond acceptors (Lipinski definition) is 4. The van der Waals surface area contributed by atoms with Gasteiger partial charge in [-0.2, -0.15) is 0 Å². The smallest absolute Gasteiger partial charge is 0.253 e. The highest BCUT2D eigenvalue weighted by Gasteiger charge is 2.37. The van der Waals surface area contributed by atoms with Gasteiger partial charge in [-0.15, -0.1) is 0 Å². The van der Waals surface area contributed by atoms with Crippen LogP contribution in [0.15, 0.2) is 24.3 Å². The van der Waals surface area contributed by atoms with Gasteiger partial charge in [0.05, 0.1) is 18.8 Å². The van der Waals surface area contributed by atoms with E-state index in [-0.39, 0.29) is 19.1 Å². The van der Waals surface area contributed by atoms with Crippen molar-refractivity contribution in [2.75, 3.05) is 19.7 Å². The second-order valence-electron chi connectivity index (χ2n) is 6.87. The van der Waals surface area contributed by atoms with Crippen LogP contribution in [0, 0.1) is 0 Å². The van der Waals surface area contributed by atoms with Crippen LogP contribution >= 0.6 is 0 Å². The van der Waals surface area contributed by atoms with Crippen LogP contribution in [0.2, 0.25) is 0 Å². The van der Waals surface area contributed by atoms with Crippen molar-refractivity contribution < 1.29 is 20.1 Å². The predicted molar refractivity (Wildman–Crippen MR) is 83.6 cm³/mol. The average molecular weight is 307 g/mol. The van der Waals surface area contributed by atoms with Crippen molar-refractivity contribution in [3.05, 3.63) is 35.4 Å². The Hall–Kier alpha value is -1.43. The Kier molecular flexibility index (Phi) is 4.90. The first-order valence-electron chi connectivity index (χ1n) is 7.66. The first-order chi connectivity index (χ1) is 10.2. The number of aryl methyl sites for hydroxylation is 1. The molecule has 22 heavy (non-hydrogen) atoms. The van der Waals surface area contributed by atoms with E-state index in [0.717, 1.165) is 5.56 Å². The lowest BCUT2D eigenvalue weighted by Gasteiger charge is -2.21. The van der Waals surface area contributed by atoms with E-state index in [1.165, 1.54) is 0 Å². The molecule has 1 aromatic rings. The minimum Gasteiger partial charge on any atom is -0.393 e. The molecule has 1 unspecified atom stereocenters. The van der Waals surface area contributed by atoms with Crippen LogP contribution in [-0.4, -0.2) is 57.0 Å². The number of amides is 1. The Morgan fingerprint density at radius 3 is 2.73 bits per heavy atom. The third kappa shape index (κ3) is 4.29. The lowest BCUT2D eigenvalue weighted by atomic mass is 9.98. The molecule has 1 aromatic carbocycles. The van der Waals surface area contributed by atoms with E-state index in [9.17, 15) is 20.1 Å². The van der Waals surface area contributed by atoms with Crippen molar-refractivity contribution >= 4 is 5.91 Å². The van der Waals surface area contributed by atoms with Crippen molar-refractivity contribution in [3.63, 3.8) is 0 Å². The molecule has 1 heterocycles. The number of carbonyl (C=O) groups excluding carboxylic acids is 1. The molecule has 0 bridgehead atoms. The van der Waals surface area contributed by atoms with Crippen molar-refractivity contribution in [1.29, 1.82) is 0 Å². The summed E-state index contributed by atoms with van der Waals surface area (Å²) >= 11 is 0. The van der Waals surface area contributed by atoms with E-state index in [1.54, 1.807) is 24.8 Å². The van der Waals surface area contributed by atoms with E-state index < -0.39 is 11.2 Å². The van der Waals surface area contributed by atoms with Gasteiger partial charge in [0.2, 0.25) is 0 Å². The summed E-state index contributed by atoms with van der Waals surface area (Å²) in [5, 5.41) is 29.0. The molecular formula is C17H25NO4. The van der Waals surface area contributed by atoms with E-state index in [2.05, 4.69) is 0 Å². The standard InChI is InChI=1S/C17H25NO4/c1-16(2,21)7-6-13-4-3-5-14(10-13)15(20)18-9-8-17(22,11-18)12-19/h3-5,10,19,21-22H,6-9,11-12H2,1-2H3. The molecule has 1 saturated heterocycles. The normalized spacial score (nSPS) is 22.1. The van der Waals surface area contributed by atoms with E-state index in [4.69, 9.17) is 0 Å². The van der Waals surface area contributed by atoms with Crippen LogP contribution in [-0.2, 0) is 6.42 Å². The fourth-order valence-corrected chi connectivity index (χ4v) is 2.65. The SMILES string of the molecule is CC(C)(O)CCc1cccc(C(=O)N2CCC(O)(CO)C2)c1. The van der Waals surface area contributed by atoms with Gasteiger partial charge in [0.25, 0.3) is 5.91 Å². The maximum absolute atomic E-state index is 12.5. The monoisotopic (exact) mass is 307 g/mol. The highest BCUT2D eigenvalue weighted by Crippen LogP contribution is 2.23. The summed E-state index contributed by atoms with van der Waals surface area (Å²) in [5.74, 6) is -0.130. The van der Waals surface area contributed by atoms with Crippen molar-refractivity contribution in [1.82, 2.24) is 4.90 Å². The van der Waals surface area contributed by atoms with Gasteiger partial charge >= 0.3 is 0 Å². The van der Waals surface area contributed by atoms with Crippen LogP contribution in [0.1, 0.15) is 42.6 Å². The number of nitrogens with zero attached hydrogens (tertiary/aromatic N) is 1. The van der Waals surface area contributed by atoms with Crippen LogP contribution in [0.3, 0.4) is 0 Å². The molecule has 0 aliphatic carbocycles. The number of carbonyl (C=O) groups is 1. The maximum atomic E-state index is 12.5. The molecule has 0 radical (unpaired) electrons.